The van der Waals surface area contributed by atoms with Gasteiger partial charge in [-0.25, -0.2) is 0 Å². The molecule has 1 N–H and O–H groups in total. The fourth-order valence-corrected chi connectivity index (χ4v) is 1.45. The van der Waals surface area contributed by atoms with Crippen molar-refractivity contribution < 1.29 is 14.3 Å². The van der Waals surface area contributed by atoms with Gasteiger partial charge in [0.25, 0.3) is 5.91 Å². The molecule has 1 unspecified atom stereocenters. The molecule has 1 aromatic rings. The van der Waals surface area contributed by atoms with Crippen LogP contribution in [0.1, 0.15) is 29.8 Å². The Morgan fingerprint density at radius 3 is 2.47 bits per heavy atom. The Labute approximate surface area is 101 Å². The van der Waals surface area contributed by atoms with Crippen molar-refractivity contribution in [1.29, 1.82) is 0 Å². The van der Waals surface area contributed by atoms with Gasteiger partial charge in [0, 0.05) is 12.6 Å². The van der Waals surface area contributed by atoms with Crippen molar-refractivity contribution in [1.82, 2.24) is 5.32 Å². The van der Waals surface area contributed by atoms with E-state index in [-0.39, 0.29) is 11.7 Å². The van der Waals surface area contributed by atoms with Crippen molar-refractivity contribution in [2.45, 2.75) is 26.9 Å². The minimum absolute atomic E-state index is 0.0130. The minimum atomic E-state index is -0.554. The molecular weight excluding hydrogens is 218 g/mol. The van der Waals surface area contributed by atoms with Gasteiger partial charge in [0.1, 0.15) is 5.75 Å². The van der Waals surface area contributed by atoms with E-state index >= 15 is 0 Å². The molecule has 4 nitrogen and oxygen atoms in total. The Hall–Kier alpha value is -1.84. The standard InChI is InChI=1S/C13H17NO3/c1-8-7-11(9(2)15)5-6-12(8)17-10(3)13(16)14-4/h5-7,10H,1-4H3,(H,14,16). The number of benzene rings is 1. The predicted molar refractivity (Wildman–Crippen MR) is 65.3 cm³/mol. The Morgan fingerprint density at radius 1 is 1.35 bits per heavy atom. The van der Waals surface area contributed by atoms with E-state index in [0.29, 0.717) is 11.3 Å². The van der Waals surface area contributed by atoms with E-state index < -0.39 is 6.10 Å². The molecule has 0 aliphatic rings. The first-order valence-electron chi connectivity index (χ1n) is 5.45. The molecule has 0 radical (unpaired) electrons. The predicted octanol–water partition coefficient (Wildman–Crippen LogP) is 1.71. The van der Waals surface area contributed by atoms with Gasteiger partial charge in [-0.3, -0.25) is 9.59 Å². The normalized spacial score (nSPS) is 11.8. The van der Waals surface area contributed by atoms with Crippen LogP contribution in [0.4, 0.5) is 0 Å². The molecule has 1 rings (SSSR count). The summed E-state index contributed by atoms with van der Waals surface area (Å²) in [4.78, 5) is 22.5. The van der Waals surface area contributed by atoms with E-state index in [0.717, 1.165) is 5.56 Å². The number of aryl methyl sites for hydroxylation is 1. The zero-order valence-corrected chi connectivity index (χ0v) is 10.5. The first-order valence-corrected chi connectivity index (χ1v) is 5.45. The second-order valence-electron chi connectivity index (χ2n) is 3.91. The van der Waals surface area contributed by atoms with E-state index in [2.05, 4.69) is 5.32 Å². The number of carbonyl (C=O) groups excluding carboxylic acids is 2. The number of hydrogen-bond acceptors (Lipinski definition) is 3. The van der Waals surface area contributed by atoms with Gasteiger partial charge < -0.3 is 10.1 Å². The van der Waals surface area contributed by atoms with Crippen molar-refractivity contribution in [3.8, 4) is 5.75 Å². The van der Waals surface area contributed by atoms with Gasteiger partial charge in [0.2, 0.25) is 0 Å². The van der Waals surface area contributed by atoms with Crippen LogP contribution in [0.25, 0.3) is 0 Å². The lowest BCUT2D eigenvalue weighted by molar-refractivity contribution is -0.126. The third-order valence-electron chi connectivity index (χ3n) is 2.50. The number of carbonyl (C=O) groups is 2. The topological polar surface area (TPSA) is 55.4 Å². The van der Waals surface area contributed by atoms with Crippen LogP contribution in [-0.2, 0) is 4.79 Å². The van der Waals surface area contributed by atoms with E-state index in [1.807, 2.05) is 6.92 Å². The van der Waals surface area contributed by atoms with Gasteiger partial charge in [-0.1, -0.05) is 0 Å². The molecule has 0 fully saturated rings. The Balaban J connectivity index is 2.86. The third kappa shape index (κ3) is 3.31. The molecule has 0 spiro atoms. The number of likely N-dealkylation sites (N-methyl/N-ethyl adjacent to an activating group) is 1. The molecule has 0 heterocycles. The van der Waals surface area contributed by atoms with Crippen LogP contribution in [0.15, 0.2) is 18.2 Å². The maximum absolute atomic E-state index is 11.3. The lowest BCUT2D eigenvalue weighted by atomic mass is 10.1. The summed E-state index contributed by atoms with van der Waals surface area (Å²) in [5, 5.41) is 2.52. The number of rotatable bonds is 4. The zero-order valence-electron chi connectivity index (χ0n) is 10.5. The highest BCUT2D eigenvalue weighted by molar-refractivity contribution is 5.94. The molecule has 4 heteroatoms. The average molecular weight is 235 g/mol. The average Bonchev–Trinajstić information content (AvgIpc) is 2.30. The number of nitrogens with one attached hydrogen (secondary N) is 1. The number of Topliss-reactive ketones (excluding diaryl/α,β-unsaturated/α-hetero) is 1. The second kappa shape index (κ2) is 5.48. The molecule has 1 aromatic carbocycles. The fraction of sp³-hybridized carbons (Fsp3) is 0.385. The molecule has 1 atom stereocenters. The van der Waals surface area contributed by atoms with Crippen molar-refractivity contribution in [3.05, 3.63) is 29.3 Å². The molecule has 0 aliphatic heterocycles. The van der Waals surface area contributed by atoms with Crippen LogP contribution >= 0.6 is 0 Å². The fourth-order valence-electron chi connectivity index (χ4n) is 1.45. The Kier molecular flexibility index (Phi) is 4.26. The van der Waals surface area contributed by atoms with Crippen LogP contribution in [-0.4, -0.2) is 24.8 Å². The van der Waals surface area contributed by atoms with Crippen LogP contribution in [0, 0.1) is 6.92 Å². The summed E-state index contributed by atoms with van der Waals surface area (Å²) in [5.74, 6) is 0.449. The van der Waals surface area contributed by atoms with Gasteiger partial charge >= 0.3 is 0 Å². The summed E-state index contributed by atoms with van der Waals surface area (Å²) in [6, 6.07) is 5.17. The van der Waals surface area contributed by atoms with Crippen molar-refractivity contribution in [2.24, 2.45) is 0 Å². The monoisotopic (exact) mass is 235 g/mol. The summed E-state index contributed by atoms with van der Waals surface area (Å²) in [6.45, 7) is 5.04. The molecular formula is C13H17NO3. The lowest BCUT2D eigenvalue weighted by Gasteiger charge is -2.15. The van der Waals surface area contributed by atoms with Gasteiger partial charge in [0.05, 0.1) is 0 Å². The first-order chi connectivity index (χ1) is 7.95. The highest BCUT2D eigenvalue weighted by Gasteiger charge is 2.14. The molecule has 1 amide bonds. The molecule has 0 saturated heterocycles. The van der Waals surface area contributed by atoms with E-state index in [9.17, 15) is 9.59 Å². The Bertz CT molecular complexity index is 440. The molecule has 17 heavy (non-hydrogen) atoms. The van der Waals surface area contributed by atoms with E-state index in [1.54, 1.807) is 32.2 Å². The summed E-state index contributed by atoms with van der Waals surface area (Å²) in [7, 11) is 1.56. The summed E-state index contributed by atoms with van der Waals surface area (Å²) in [5.41, 5.74) is 1.48. The van der Waals surface area contributed by atoms with Crippen LogP contribution < -0.4 is 10.1 Å². The van der Waals surface area contributed by atoms with Crippen LogP contribution in [0.2, 0.25) is 0 Å². The lowest BCUT2D eigenvalue weighted by Crippen LogP contribution is -2.33. The molecule has 0 aliphatic carbocycles. The number of amides is 1. The molecule has 0 aromatic heterocycles. The van der Waals surface area contributed by atoms with Crippen molar-refractivity contribution in [3.63, 3.8) is 0 Å². The van der Waals surface area contributed by atoms with Gasteiger partial charge in [0.15, 0.2) is 11.9 Å². The Morgan fingerprint density at radius 2 is 2.00 bits per heavy atom. The highest BCUT2D eigenvalue weighted by atomic mass is 16.5. The second-order valence-corrected chi connectivity index (χ2v) is 3.91. The number of hydrogen-bond donors (Lipinski definition) is 1. The maximum atomic E-state index is 11.3. The highest BCUT2D eigenvalue weighted by Crippen LogP contribution is 2.20. The smallest absolute Gasteiger partial charge is 0.260 e. The van der Waals surface area contributed by atoms with Gasteiger partial charge in [-0.05, 0) is 44.5 Å². The summed E-state index contributed by atoms with van der Waals surface area (Å²) >= 11 is 0. The number of ether oxygens (including phenoxy) is 1. The van der Waals surface area contributed by atoms with Crippen molar-refractivity contribution in [2.75, 3.05) is 7.05 Å². The van der Waals surface area contributed by atoms with Gasteiger partial charge in [-0.2, -0.15) is 0 Å². The first kappa shape index (κ1) is 13.2. The quantitative estimate of drug-likeness (QED) is 0.808. The number of ketones is 1. The maximum Gasteiger partial charge on any atom is 0.260 e. The van der Waals surface area contributed by atoms with Crippen molar-refractivity contribution >= 4 is 11.7 Å². The molecule has 92 valence electrons. The van der Waals surface area contributed by atoms with Crippen LogP contribution in [0.5, 0.6) is 5.75 Å². The SMILES string of the molecule is CNC(=O)C(C)Oc1ccc(C(C)=O)cc1C. The van der Waals surface area contributed by atoms with Crippen LogP contribution in [0.3, 0.4) is 0 Å². The largest absolute Gasteiger partial charge is 0.481 e. The minimum Gasteiger partial charge on any atom is -0.481 e. The van der Waals surface area contributed by atoms with E-state index in [1.165, 1.54) is 6.92 Å². The molecule has 0 saturated carbocycles. The van der Waals surface area contributed by atoms with E-state index in [4.69, 9.17) is 4.74 Å². The summed E-state index contributed by atoms with van der Waals surface area (Å²) in [6.07, 6.45) is -0.554. The third-order valence-corrected chi connectivity index (χ3v) is 2.50. The molecule has 0 bridgehead atoms. The zero-order chi connectivity index (χ0) is 13.0. The summed E-state index contributed by atoms with van der Waals surface area (Å²) < 4.78 is 5.51. The van der Waals surface area contributed by atoms with Gasteiger partial charge in [-0.15, -0.1) is 0 Å².